The number of anilines is 1. The molecule has 1 fully saturated rings. The number of imide groups is 1. The molecule has 2 bridgehead atoms. The van der Waals surface area contributed by atoms with Crippen LogP contribution >= 0.6 is 0 Å². The number of rotatable bonds is 9. The Labute approximate surface area is 233 Å². The minimum absolute atomic E-state index is 0.0759. The van der Waals surface area contributed by atoms with Crippen LogP contribution in [0.5, 0.6) is 0 Å². The SMILES string of the molecule is Cc1ccc(NC(=O)COC(=O)CCCCCN2C(=O)[C@H]3C4c5ccccc5C(c5ccccc54)[C@@H]3C2=O)cc1. The van der Waals surface area contributed by atoms with Gasteiger partial charge in [0.1, 0.15) is 0 Å². The number of nitrogens with one attached hydrogen (secondary N) is 1. The highest BCUT2D eigenvalue weighted by atomic mass is 16.5. The summed E-state index contributed by atoms with van der Waals surface area (Å²) in [6, 6.07) is 23.8. The number of amides is 3. The Hall–Kier alpha value is -4.26. The van der Waals surface area contributed by atoms with Crippen molar-refractivity contribution < 1.29 is 23.9 Å². The first-order valence-electron chi connectivity index (χ1n) is 14.0. The zero-order valence-corrected chi connectivity index (χ0v) is 22.5. The topological polar surface area (TPSA) is 92.8 Å². The lowest BCUT2D eigenvalue weighted by Gasteiger charge is -2.45. The van der Waals surface area contributed by atoms with Crippen molar-refractivity contribution in [3.05, 3.63) is 101 Å². The average molecular weight is 537 g/mol. The van der Waals surface area contributed by atoms with Gasteiger partial charge in [0.25, 0.3) is 5.91 Å². The predicted octanol–water partition coefficient (Wildman–Crippen LogP) is 4.93. The number of benzene rings is 3. The summed E-state index contributed by atoms with van der Waals surface area (Å²) >= 11 is 0. The van der Waals surface area contributed by atoms with E-state index in [1.54, 1.807) is 12.1 Å². The lowest BCUT2D eigenvalue weighted by atomic mass is 9.55. The molecule has 7 nitrogen and oxygen atoms in total. The Balaban J connectivity index is 1.000. The molecule has 7 rings (SSSR count). The van der Waals surface area contributed by atoms with Crippen molar-refractivity contribution in [2.75, 3.05) is 18.5 Å². The van der Waals surface area contributed by atoms with E-state index in [0.29, 0.717) is 31.5 Å². The van der Waals surface area contributed by atoms with E-state index in [2.05, 4.69) is 29.6 Å². The first-order chi connectivity index (χ1) is 19.4. The maximum atomic E-state index is 13.6. The molecule has 3 amide bonds. The Morgan fingerprint density at radius 3 is 1.80 bits per heavy atom. The quantitative estimate of drug-likeness (QED) is 0.238. The summed E-state index contributed by atoms with van der Waals surface area (Å²) in [6.45, 7) is 1.98. The van der Waals surface area contributed by atoms with E-state index in [0.717, 1.165) is 5.56 Å². The maximum absolute atomic E-state index is 13.6. The molecule has 0 radical (unpaired) electrons. The number of hydrogen-bond acceptors (Lipinski definition) is 5. The van der Waals surface area contributed by atoms with Crippen molar-refractivity contribution in [1.29, 1.82) is 0 Å². The van der Waals surface area contributed by atoms with Gasteiger partial charge in [-0.15, -0.1) is 0 Å². The Morgan fingerprint density at radius 1 is 0.750 bits per heavy atom. The normalized spacial score (nSPS) is 22.0. The number of hydrogen-bond donors (Lipinski definition) is 1. The Bertz CT molecular complexity index is 1360. The van der Waals surface area contributed by atoms with Crippen LogP contribution in [0.1, 0.15) is 65.3 Å². The van der Waals surface area contributed by atoms with Gasteiger partial charge in [-0.1, -0.05) is 72.6 Å². The van der Waals surface area contributed by atoms with Crippen LogP contribution in [-0.4, -0.2) is 41.7 Å². The lowest BCUT2D eigenvalue weighted by molar-refractivity contribution is -0.147. The zero-order valence-electron chi connectivity index (χ0n) is 22.5. The fraction of sp³-hybridized carbons (Fsp3) is 0.333. The molecule has 3 aromatic rings. The van der Waals surface area contributed by atoms with Crippen molar-refractivity contribution in [2.45, 2.75) is 44.4 Å². The first-order valence-corrected chi connectivity index (χ1v) is 14.0. The number of unbranched alkanes of at least 4 members (excludes halogenated alkanes) is 2. The van der Waals surface area contributed by atoms with E-state index in [-0.39, 0.29) is 54.4 Å². The van der Waals surface area contributed by atoms with Gasteiger partial charge in [-0.25, -0.2) is 0 Å². The van der Waals surface area contributed by atoms with E-state index >= 15 is 0 Å². The molecular formula is C33H32N2O5. The summed E-state index contributed by atoms with van der Waals surface area (Å²) in [6.07, 6.45) is 2.03. The molecule has 0 spiro atoms. The van der Waals surface area contributed by atoms with Crippen LogP contribution < -0.4 is 5.32 Å². The fourth-order valence-electron chi connectivity index (χ4n) is 6.73. The molecule has 3 aromatic carbocycles. The highest BCUT2D eigenvalue weighted by Gasteiger charge is 2.61. The molecule has 4 aliphatic rings. The van der Waals surface area contributed by atoms with Crippen LogP contribution in [0.2, 0.25) is 0 Å². The molecule has 1 aliphatic heterocycles. The van der Waals surface area contributed by atoms with Gasteiger partial charge in [0.15, 0.2) is 6.61 Å². The van der Waals surface area contributed by atoms with E-state index in [9.17, 15) is 19.2 Å². The second-order valence-electron chi connectivity index (χ2n) is 11.0. The van der Waals surface area contributed by atoms with Crippen molar-refractivity contribution in [2.24, 2.45) is 11.8 Å². The minimum atomic E-state index is -0.439. The third-order valence-electron chi connectivity index (χ3n) is 8.50. The third kappa shape index (κ3) is 4.59. The Morgan fingerprint density at radius 2 is 1.27 bits per heavy atom. The molecular weight excluding hydrogens is 504 g/mol. The van der Waals surface area contributed by atoms with Crippen LogP contribution in [0.25, 0.3) is 0 Å². The summed E-state index contributed by atoms with van der Waals surface area (Å²) < 4.78 is 5.10. The smallest absolute Gasteiger partial charge is 0.306 e. The van der Waals surface area contributed by atoms with Crippen LogP contribution in [0, 0.1) is 18.8 Å². The number of carbonyl (C=O) groups is 4. The molecule has 3 aliphatic carbocycles. The molecule has 40 heavy (non-hydrogen) atoms. The van der Waals surface area contributed by atoms with Crippen LogP contribution in [-0.2, 0) is 23.9 Å². The van der Waals surface area contributed by atoms with Crippen LogP contribution in [0.15, 0.2) is 72.8 Å². The summed E-state index contributed by atoms with van der Waals surface area (Å²) in [5.41, 5.74) is 6.41. The number of aryl methyl sites for hydroxylation is 1. The monoisotopic (exact) mass is 536 g/mol. The van der Waals surface area contributed by atoms with Crippen molar-refractivity contribution >= 4 is 29.4 Å². The number of likely N-dealkylation sites (tertiary alicyclic amines) is 1. The lowest BCUT2D eigenvalue weighted by Crippen LogP contribution is -2.41. The molecule has 0 saturated carbocycles. The molecule has 0 aromatic heterocycles. The van der Waals surface area contributed by atoms with Crippen LogP contribution in [0.3, 0.4) is 0 Å². The molecule has 2 atom stereocenters. The second-order valence-corrected chi connectivity index (χ2v) is 11.0. The van der Waals surface area contributed by atoms with E-state index in [1.165, 1.54) is 27.2 Å². The number of ether oxygens (including phenoxy) is 1. The Kier molecular flexibility index (Phi) is 6.96. The largest absolute Gasteiger partial charge is 0.456 e. The van der Waals surface area contributed by atoms with Gasteiger partial charge in [0, 0.05) is 30.5 Å². The van der Waals surface area contributed by atoms with Crippen molar-refractivity contribution in [3.63, 3.8) is 0 Å². The number of esters is 1. The fourth-order valence-corrected chi connectivity index (χ4v) is 6.73. The summed E-state index contributed by atoms with van der Waals surface area (Å²) in [5.74, 6) is -1.88. The molecule has 7 heteroatoms. The van der Waals surface area contributed by atoms with Gasteiger partial charge < -0.3 is 10.1 Å². The van der Waals surface area contributed by atoms with Gasteiger partial charge in [-0.2, -0.15) is 0 Å². The maximum Gasteiger partial charge on any atom is 0.306 e. The van der Waals surface area contributed by atoms with Gasteiger partial charge >= 0.3 is 5.97 Å². The standard InChI is InChI=1S/C33H32N2O5/c1-20-14-16-21(17-15-20)34-26(36)19-40-27(37)13-3-2-8-18-35-32(38)30-28-22-9-4-5-10-23(22)29(31(30)33(35)39)25-12-7-6-11-24(25)28/h4-7,9-12,14-17,28-31H,2-3,8,13,18-19H2,1H3,(H,34,36)/t28?,29?,30-,31-/m0/s1. The summed E-state index contributed by atoms with van der Waals surface area (Å²) in [7, 11) is 0. The van der Waals surface area contributed by atoms with Crippen molar-refractivity contribution in [3.8, 4) is 0 Å². The van der Waals surface area contributed by atoms with E-state index in [1.807, 2.05) is 43.3 Å². The molecule has 204 valence electrons. The predicted molar refractivity (Wildman–Crippen MR) is 150 cm³/mol. The number of nitrogens with zero attached hydrogens (tertiary/aromatic N) is 1. The summed E-state index contributed by atoms with van der Waals surface area (Å²) in [4.78, 5) is 52.8. The van der Waals surface area contributed by atoms with E-state index < -0.39 is 5.97 Å². The van der Waals surface area contributed by atoms with Gasteiger partial charge in [0.05, 0.1) is 11.8 Å². The molecule has 1 saturated heterocycles. The van der Waals surface area contributed by atoms with Gasteiger partial charge in [-0.05, 0) is 54.2 Å². The molecule has 0 unspecified atom stereocenters. The van der Waals surface area contributed by atoms with E-state index in [4.69, 9.17) is 4.74 Å². The summed E-state index contributed by atoms with van der Waals surface area (Å²) in [5, 5.41) is 2.70. The molecule has 1 N–H and O–H groups in total. The highest BCUT2D eigenvalue weighted by molar-refractivity contribution is 6.07. The van der Waals surface area contributed by atoms with Gasteiger partial charge in [0.2, 0.25) is 11.8 Å². The molecule has 1 heterocycles. The first kappa shape index (κ1) is 26.0. The van der Waals surface area contributed by atoms with Crippen LogP contribution in [0.4, 0.5) is 5.69 Å². The minimum Gasteiger partial charge on any atom is -0.456 e. The number of carbonyl (C=O) groups excluding carboxylic acids is 4. The average Bonchev–Trinajstić information content (AvgIpc) is 3.22. The van der Waals surface area contributed by atoms with Gasteiger partial charge in [-0.3, -0.25) is 24.1 Å². The zero-order chi connectivity index (χ0) is 27.8. The second kappa shape index (κ2) is 10.7. The highest BCUT2D eigenvalue weighted by Crippen LogP contribution is 2.60. The third-order valence-corrected chi connectivity index (χ3v) is 8.50. The van der Waals surface area contributed by atoms with Crippen molar-refractivity contribution in [1.82, 2.24) is 4.90 Å².